The van der Waals surface area contributed by atoms with Crippen LogP contribution in [0.25, 0.3) is 21.5 Å². The summed E-state index contributed by atoms with van der Waals surface area (Å²) in [4.78, 5) is 3.56. The Bertz CT molecular complexity index is 2230. The van der Waals surface area contributed by atoms with Crippen LogP contribution >= 0.6 is 0 Å². The van der Waals surface area contributed by atoms with Crippen molar-refractivity contribution in [3.05, 3.63) is 133 Å². The monoisotopic (exact) mass is 762 g/mol. The molecule has 6 aromatic rings. The number of alkyl halides is 3. The lowest BCUT2D eigenvalue weighted by molar-refractivity contribution is -0.0517. The van der Waals surface area contributed by atoms with Gasteiger partial charge in [0.1, 0.15) is 35.1 Å². The molecule has 0 amide bonds. The van der Waals surface area contributed by atoms with Gasteiger partial charge in [0.05, 0.1) is 10.9 Å². The lowest BCUT2D eigenvalue weighted by Gasteiger charge is -2.22. The van der Waals surface area contributed by atoms with Gasteiger partial charge in [-0.2, -0.15) is 13.2 Å². The highest BCUT2D eigenvalue weighted by molar-refractivity contribution is 7.97. The summed E-state index contributed by atoms with van der Waals surface area (Å²) in [5, 5.41) is 4.97. The van der Waals surface area contributed by atoms with E-state index in [4.69, 9.17) is 27.2 Å². The molecule has 0 N–H and O–H groups in total. The average molecular weight is 763 g/mol. The van der Waals surface area contributed by atoms with Crippen LogP contribution in [0.2, 0.25) is 0 Å². The van der Waals surface area contributed by atoms with E-state index in [0.717, 1.165) is 17.2 Å². The molecule has 0 aromatic heterocycles. The Morgan fingerprint density at radius 3 is 1.53 bits per heavy atom. The van der Waals surface area contributed by atoms with Crippen molar-refractivity contribution < 1.29 is 40.4 Å². The molecule has 0 radical (unpaired) electrons. The van der Waals surface area contributed by atoms with Crippen LogP contribution < -0.4 is 14.2 Å². The van der Waals surface area contributed by atoms with Crippen molar-refractivity contribution in [2.45, 2.75) is 79.5 Å². The molecule has 0 aliphatic heterocycles. The van der Waals surface area contributed by atoms with Gasteiger partial charge in [0.2, 0.25) is 0 Å². The number of fused-ring (bicyclic) bond motifs is 3. The largest absolute Gasteiger partial charge is 0.741 e. The SMILES string of the molecule is CC(C)(C)Oc1cccc([S+](c2ccc(OCc3cc4ccccc4c4ccccc34)cc2)c2cccc(OC(C)(C)C)c2)c1.O=S(=O)([O-])C(F)(F)F. The summed E-state index contributed by atoms with van der Waals surface area (Å²) >= 11 is 0. The maximum Gasteiger partial charge on any atom is 0.485 e. The minimum absolute atomic E-state index is 0.285. The molecule has 53 heavy (non-hydrogen) atoms. The third kappa shape index (κ3) is 10.7. The van der Waals surface area contributed by atoms with Crippen molar-refractivity contribution in [1.29, 1.82) is 0 Å². The van der Waals surface area contributed by atoms with Crippen molar-refractivity contribution in [2.75, 3.05) is 0 Å². The first-order valence-corrected chi connectivity index (χ1v) is 19.4. The number of ether oxygens (including phenoxy) is 3. The van der Waals surface area contributed by atoms with Gasteiger partial charge in [0.15, 0.2) is 24.8 Å². The summed E-state index contributed by atoms with van der Waals surface area (Å²) < 4.78 is 77.8. The van der Waals surface area contributed by atoms with E-state index in [9.17, 15) is 13.2 Å². The minimum Gasteiger partial charge on any atom is -0.741 e. The Morgan fingerprint density at radius 1 is 0.566 bits per heavy atom. The summed E-state index contributed by atoms with van der Waals surface area (Å²) in [5.74, 6) is 2.57. The average Bonchev–Trinajstić information content (AvgIpc) is 3.06. The lowest BCUT2D eigenvalue weighted by Crippen LogP contribution is -2.23. The summed E-state index contributed by atoms with van der Waals surface area (Å²) in [6.45, 7) is 12.9. The van der Waals surface area contributed by atoms with Gasteiger partial charge in [-0.25, -0.2) is 8.42 Å². The molecule has 0 saturated heterocycles. The second kappa shape index (κ2) is 15.7. The van der Waals surface area contributed by atoms with E-state index >= 15 is 0 Å². The van der Waals surface area contributed by atoms with Crippen LogP contribution in [0.1, 0.15) is 47.1 Å². The second-order valence-electron chi connectivity index (χ2n) is 14.1. The molecule has 0 unspecified atom stereocenters. The Balaban J connectivity index is 0.000000609. The lowest BCUT2D eigenvalue weighted by atomic mass is 9.98. The maximum atomic E-state index is 10.7. The first-order chi connectivity index (χ1) is 24.8. The molecule has 6 rings (SSSR count). The van der Waals surface area contributed by atoms with Crippen LogP contribution in [-0.4, -0.2) is 29.7 Å². The molecule has 6 nitrogen and oxygen atoms in total. The van der Waals surface area contributed by atoms with Crippen molar-refractivity contribution in [3.63, 3.8) is 0 Å². The third-order valence-electron chi connectivity index (χ3n) is 7.52. The Kier molecular flexibility index (Phi) is 11.7. The normalized spacial score (nSPS) is 12.4. The standard InChI is InChI=1S/C41H41O3S.CHF3O3S/c1-40(2,3)43-32-14-11-16-35(26-32)45(36-17-12-15-33(27-36)44-41(4,5)6)34-23-21-31(22-24-34)42-28-30-25-29-13-7-8-18-37(29)39-20-10-9-19-38(30)39;2-1(3,4)8(5,6)7/h7-27H,28H2,1-6H3;(H,5,6,7)/q+1;/p-1. The van der Waals surface area contributed by atoms with E-state index < -0.39 is 26.5 Å². The fourth-order valence-electron chi connectivity index (χ4n) is 5.53. The molecule has 278 valence electrons. The summed E-state index contributed by atoms with van der Waals surface area (Å²) in [5.41, 5.74) is -5.04. The third-order valence-corrected chi connectivity index (χ3v) is 10.3. The number of rotatable bonds is 8. The molecule has 0 saturated carbocycles. The second-order valence-corrected chi connectivity index (χ2v) is 17.5. The topological polar surface area (TPSA) is 84.9 Å². The molecular weight excluding hydrogens is 722 g/mol. The van der Waals surface area contributed by atoms with E-state index in [1.54, 1.807) is 0 Å². The van der Waals surface area contributed by atoms with Crippen molar-refractivity contribution >= 4 is 42.6 Å². The van der Waals surface area contributed by atoms with Crippen LogP contribution in [0.3, 0.4) is 0 Å². The smallest absolute Gasteiger partial charge is 0.485 e. The molecule has 0 aliphatic rings. The summed E-state index contributed by atoms with van der Waals surface area (Å²) in [6.07, 6.45) is 0. The van der Waals surface area contributed by atoms with Gasteiger partial charge in [0.25, 0.3) is 0 Å². The molecule has 0 atom stereocenters. The van der Waals surface area contributed by atoms with Crippen LogP contribution in [0.4, 0.5) is 13.2 Å². The predicted octanol–water partition coefficient (Wildman–Crippen LogP) is 11.1. The van der Waals surface area contributed by atoms with Gasteiger partial charge in [-0.05, 0) is 123 Å². The van der Waals surface area contributed by atoms with Gasteiger partial charge in [-0.1, -0.05) is 60.7 Å². The van der Waals surface area contributed by atoms with Gasteiger partial charge in [-0.3, -0.25) is 0 Å². The number of hydrogen-bond acceptors (Lipinski definition) is 6. The van der Waals surface area contributed by atoms with Crippen LogP contribution in [0.15, 0.2) is 142 Å². The molecule has 0 fully saturated rings. The molecule has 0 heterocycles. The Hall–Kier alpha value is -4.71. The first kappa shape index (κ1) is 39.5. The van der Waals surface area contributed by atoms with E-state index in [2.05, 4.69) is 157 Å². The fourth-order valence-corrected chi connectivity index (χ4v) is 7.65. The van der Waals surface area contributed by atoms with Gasteiger partial charge >= 0.3 is 5.51 Å². The van der Waals surface area contributed by atoms with E-state index in [1.807, 2.05) is 12.1 Å². The van der Waals surface area contributed by atoms with Crippen molar-refractivity contribution in [1.82, 2.24) is 0 Å². The van der Waals surface area contributed by atoms with Gasteiger partial charge in [-0.15, -0.1) is 0 Å². The minimum atomic E-state index is -6.09. The highest BCUT2D eigenvalue weighted by Gasteiger charge is 2.37. The maximum absolute atomic E-state index is 10.7. The van der Waals surface area contributed by atoms with Crippen LogP contribution in [-0.2, 0) is 27.6 Å². The van der Waals surface area contributed by atoms with E-state index in [-0.39, 0.29) is 11.2 Å². The number of halogens is 3. The zero-order valence-electron chi connectivity index (χ0n) is 30.2. The molecule has 0 bridgehead atoms. The zero-order valence-corrected chi connectivity index (χ0v) is 31.9. The number of benzene rings is 6. The Labute approximate surface area is 311 Å². The van der Waals surface area contributed by atoms with E-state index in [0.29, 0.717) is 6.61 Å². The quantitative estimate of drug-likeness (QED) is 0.0664. The Morgan fingerprint density at radius 2 is 1.04 bits per heavy atom. The van der Waals surface area contributed by atoms with Crippen molar-refractivity contribution in [2.24, 2.45) is 0 Å². The van der Waals surface area contributed by atoms with E-state index in [1.165, 1.54) is 41.8 Å². The first-order valence-electron chi connectivity index (χ1n) is 16.7. The molecule has 0 aliphatic carbocycles. The van der Waals surface area contributed by atoms with Crippen LogP contribution in [0.5, 0.6) is 17.2 Å². The number of hydrogen-bond donors (Lipinski definition) is 0. The molecular formula is C42H41F3O6S2. The van der Waals surface area contributed by atoms with Gasteiger partial charge < -0.3 is 18.8 Å². The highest BCUT2D eigenvalue weighted by Crippen LogP contribution is 2.37. The summed E-state index contributed by atoms with van der Waals surface area (Å²) in [6, 6.07) is 44.9. The predicted molar refractivity (Wildman–Crippen MR) is 204 cm³/mol. The van der Waals surface area contributed by atoms with Crippen LogP contribution in [0, 0.1) is 0 Å². The van der Waals surface area contributed by atoms with Crippen molar-refractivity contribution in [3.8, 4) is 17.2 Å². The summed E-state index contributed by atoms with van der Waals surface area (Å²) in [7, 11) is -6.48. The molecule has 6 aromatic carbocycles. The fraction of sp³-hybridized carbons (Fsp3) is 0.238. The highest BCUT2D eigenvalue weighted by atomic mass is 32.2. The van der Waals surface area contributed by atoms with Gasteiger partial charge in [0, 0.05) is 12.1 Å². The molecule has 11 heteroatoms. The molecule has 0 spiro atoms. The zero-order chi connectivity index (χ0) is 38.6.